The third kappa shape index (κ3) is 6.59. The van der Waals surface area contributed by atoms with E-state index < -0.39 is 10.0 Å². The highest BCUT2D eigenvalue weighted by Crippen LogP contribution is 2.11. The molecule has 0 aliphatic carbocycles. The molecule has 27 heavy (non-hydrogen) atoms. The van der Waals surface area contributed by atoms with Gasteiger partial charge in [0.25, 0.3) is 0 Å². The molecule has 5 nitrogen and oxygen atoms in total. The van der Waals surface area contributed by atoms with Gasteiger partial charge < -0.3 is 4.74 Å². The van der Waals surface area contributed by atoms with Crippen molar-refractivity contribution < 1.29 is 13.2 Å². The number of nitrogens with one attached hydrogen (secondary N) is 1. The molecule has 6 heteroatoms. The summed E-state index contributed by atoms with van der Waals surface area (Å²) >= 11 is 0. The third-order valence-electron chi connectivity index (χ3n) is 4.50. The van der Waals surface area contributed by atoms with Crippen LogP contribution in [0.3, 0.4) is 0 Å². The number of nitrogens with zero attached hydrogens (tertiary/aromatic N) is 1. The number of aryl methyl sites for hydroxylation is 1. The molecule has 1 heterocycles. The van der Waals surface area contributed by atoms with Crippen molar-refractivity contribution >= 4 is 16.1 Å². The predicted octanol–water partition coefficient (Wildman–Crippen LogP) is 2.92. The topological polar surface area (TPSA) is 58.6 Å². The van der Waals surface area contributed by atoms with Crippen LogP contribution in [0, 0.1) is 6.92 Å². The van der Waals surface area contributed by atoms with Crippen LogP contribution in [0.4, 0.5) is 0 Å². The van der Waals surface area contributed by atoms with Crippen LogP contribution in [0.5, 0.6) is 0 Å². The highest BCUT2D eigenvalue weighted by atomic mass is 32.2. The average Bonchev–Trinajstić information content (AvgIpc) is 2.67. The summed E-state index contributed by atoms with van der Waals surface area (Å²) in [4.78, 5) is 2.34. The molecule has 1 aliphatic heterocycles. The number of morpholine rings is 1. The molecule has 0 spiro atoms. The molecule has 0 radical (unpaired) electrons. The van der Waals surface area contributed by atoms with E-state index >= 15 is 0 Å². The molecule has 1 saturated heterocycles. The minimum absolute atomic E-state index is 0.275. The van der Waals surface area contributed by atoms with E-state index in [9.17, 15) is 8.42 Å². The van der Waals surface area contributed by atoms with E-state index in [1.54, 1.807) is 6.08 Å². The van der Waals surface area contributed by atoms with E-state index in [0.717, 1.165) is 49.5 Å². The molecule has 0 atom stereocenters. The van der Waals surface area contributed by atoms with Gasteiger partial charge in [0.2, 0.25) is 10.0 Å². The molecule has 2 aromatic rings. The van der Waals surface area contributed by atoms with Crippen molar-refractivity contribution in [2.45, 2.75) is 20.0 Å². The van der Waals surface area contributed by atoms with Crippen molar-refractivity contribution in [3.63, 3.8) is 0 Å². The summed E-state index contributed by atoms with van der Waals surface area (Å²) in [6, 6.07) is 15.8. The van der Waals surface area contributed by atoms with Gasteiger partial charge in [-0.05, 0) is 29.7 Å². The second-order valence-electron chi connectivity index (χ2n) is 6.79. The molecule has 144 valence electrons. The van der Waals surface area contributed by atoms with Gasteiger partial charge in [0.05, 0.1) is 13.2 Å². The molecule has 0 bridgehead atoms. The van der Waals surface area contributed by atoms with E-state index in [2.05, 4.69) is 21.8 Å². The normalized spacial score (nSPS) is 16.0. The zero-order valence-corrected chi connectivity index (χ0v) is 16.4. The fraction of sp³-hybridized carbons (Fsp3) is 0.333. The number of ether oxygens (including phenoxy) is 1. The summed E-state index contributed by atoms with van der Waals surface area (Å²) in [5.74, 6) is 0. The van der Waals surface area contributed by atoms with Crippen LogP contribution in [0.1, 0.15) is 22.3 Å². The summed E-state index contributed by atoms with van der Waals surface area (Å²) in [5.41, 5.74) is 4.14. The molecular formula is C21H26N2O3S. The molecule has 1 aliphatic rings. The summed E-state index contributed by atoms with van der Waals surface area (Å²) in [7, 11) is -3.49. The smallest absolute Gasteiger partial charge is 0.234 e. The number of rotatable bonds is 7. The zero-order valence-electron chi connectivity index (χ0n) is 15.6. The standard InChI is InChI=1S/C21H26N2O3S/c1-18-5-7-19(8-6-18)9-14-27(24,25)22-16-20-3-2-4-21(15-20)17-23-10-12-26-13-11-23/h2-9,14-15,22H,10-13,16-17H2,1H3. The van der Waals surface area contributed by atoms with Crippen LogP contribution in [0.2, 0.25) is 0 Å². The Morgan fingerprint density at radius 3 is 2.52 bits per heavy atom. The van der Waals surface area contributed by atoms with Crippen molar-refractivity contribution in [2.75, 3.05) is 26.3 Å². The van der Waals surface area contributed by atoms with Crippen molar-refractivity contribution in [1.82, 2.24) is 9.62 Å². The number of sulfonamides is 1. The van der Waals surface area contributed by atoms with Crippen LogP contribution < -0.4 is 4.72 Å². The van der Waals surface area contributed by atoms with Crippen LogP contribution in [-0.4, -0.2) is 39.6 Å². The van der Waals surface area contributed by atoms with Gasteiger partial charge in [0, 0.05) is 31.6 Å². The van der Waals surface area contributed by atoms with Crippen molar-refractivity contribution in [1.29, 1.82) is 0 Å². The predicted molar refractivity (Wildman–Crippen MR) is 109 cm³/mol. The number of hydrogen-bond acceptors (Lipinski definition) is 4. The summed E-state index contributed by atoms with van der Waals surface area (Å²) < 4.78 is 32.5. The lowest BCUT2D eigenvalue weighted by Gasteiger charge is -2.26. The zero-order chi connectivity index (χ0) is 19.1. The van der Waals surface area contributed by atoms with Crippen LogP contribution in [0.25, 0.3) is 6.08 Å². The van der Waals surface area contributed by atoms with Gasteiger partial charge in [0.15, 0.2) is 0 Å². The maximum atomic E-state index is 12.2. The van der Waals surface area contributed by atoms with E-state index in [4.69, 9.17) is 4.74 Å². The molecule has 2 aromatic carbocycles. The Labute approximate surface area is 161 Å². The first-order valence-electron chi connectivity index (χ1n) is 9.12. The van der Waals surface area contributed by atoms with Gasteiger partial charge in [-0.3, -0.25) is 4.90 Å². The molecule has 0 amide bonds. The van der Waals surface area contributed by atoms with Crippen molar-refractivity contribution in [2.24, 2.45) is 0 Å². The Bertz CT molecular complexity index is 871. The van der Waals surface area contributed by atoms with Gasteiger partial charge in [-0.15, -0.1) is 0 Å². The fourth-order valence-electron chi connectivity index (χ4n) is 2.93. The van der Waals surface area contributed by atoms with Gasteiger partial charge >= 0.3 is 0 Å². The maximum absolute atomic E-state index is 12.2. The SMILES string of the molecule is Cc1ccc(C=CS(=O)(=O)NCc2cccc(CN3CCOCC3)c2)cc1. The number of hydrogen-bond donors (Lipinski definition) is 1. The van der Waals surface area contributed by atoms with Gasteiger partial charge in [-0.2, -0.15) is 0 Å². The lowest BCUT2D eigenvalue weighted by Crippen LogP contribution is -2.35. The van der Waals surface area contributed by atoms with Crippen LogP contribution in [0.15, 0.2) is 53.9 Å². The second-order valence-corrected chi connectivity index (χ2v) is 8.44. The molecule has 0 aromatic heterocycles. The van der Waals surface area contributed by atoms with E-state index in [0.29, 0.717) is 0 Å². The molecule has 1 N–H and O–H groups in total. The van der Waals surface area contributed by atoms with Crippen LogP contribution in [-0.2, 0) is 27.8 Å². The largest absolute Gasteiger partial charge is 0.379 e. The van der Waals surface area contributed by atoms with Crippen LogP contribution >= 0.6 is 0 Å². The Morgan fingerprint density at radius 2 is 1.78 bits per heavy atom. The minimum atomic E-state index is -3.49. The van der Waals surface area contributed by atoms with Crippen molar-refractivity contribution in [3.05, 3.63) is 76.2 Å². The first-order chi connectivity index (χ1) is 13.0. The molecule has 3 rings (SSSR count). The maximum Gasteiger partial charge on any atom is 0.234 e. The Balaban J connectivity index is 1.56. The first-order valence-corrected chi connectivity index (χ1v) is 10.7. The Hall–Kier alpha value is -1.99. The van der Waals surface area contributed by atoms with E-state index in [1.807, 2.05) is 43.3 Å². The Morgan fingerprint density at radius 1 is 1.07 bits per heavy atom. The van der Waals surface area contributed by atoms with Gasteiger partial charge in [0.1, 0.15) is 0 Å². The molecule has 1 fully saturated rings. The summed E-state index contributed by atoms with van der Waals surface area (Å²) in [6.07, 6.45) is 1.61. The lowest BCUT2D eigenvalue weighted by molar-refractivity contribution is 0.0342. The number of benzene rings is 2. The second kappa shape index (κ2) is 9.28. The van der Waals surface area contributed by atoms with Crippen molar-refractivity contribution in [3.8, 4) is 0 Å². The van der Waals surface area contributed by atoms with Gasteiger partial charge in [-0.1, -0.05) is 54.1 Å². The third-order valence-corrected chi connectivity index (χ3v) is 5.54. The van der Waals surface area contributed by atoms with E-state index in [1.165, 1.54) is 11.0 Å². The Kier molecular flexibility index (Phi) is 6.79. The first kappa shape index (κ1) is 19.8. The highest BCUT2D eigenvalue weighted by Gasteiger charge is 2.11. The quantitative estimate of drug-likeness (QED) is 0.795. The monoisotopic (exact) mass is 386 g/mol. The fourth-order valence-corrected chi connectivity index (χ4v) is 3.73. The molecular weight excluding hydrogens is 360 g/mol. The van der Waals surface area contributed by atoms with E-state index in [-0.39, 0.29) is 6.54 Å². The summed E-state index contributed by atoms with van der Waals surface area (Å²) in [5, 5.41) is 1.22. The molecule has 0 unspecified atom stereocenters. The van der Waals surface area contributed by atoms with Gasteiger partial charge in [-0.25, -0.2) is 13.1 Å². The lowest BCUT2D eigenvalue weighted by atomic mass is 10.1. The highest BCUT2D eigenvalue weighted by molar-refractivity contribution is 7.92. The summed E-state index contributed by atoms with van der Waals surface area (Å²) in [6.45, 7) is 6.54. The minimum Gasteiger partial charge on any atom is -0.379 e. The molecule has 0 saturated carbocycles. The average molecular weight is 387 g/mol.